The Kier molecular flexibility index (Phi) is 2.63. The molecule has 0 aliphatic rings. The van der Waals surface area contributed by atoms with Gasteiger partial charge in [0, 0.05) is 35.3 Å². The molecule has 0 N–H and O–H groups in total. The number of rotatable bonds is 2. The number of nitrogens with zero attached hydrogens (tertiary/aromatic N) is 2. The first-order valence-electron chi connectivity index (χ1n) is 4.72. The van der Waals surface area contributed by atoms with E-state index in [1.165, 1.54) is 0 Å². The minimum Gasteiger partial charge on any atom is -0.481 e. The molecule has 0 saturated carbocycles. The maximum Gasteiger partial charge on any atom is 0.212 e. The molecule has 0 aliphatic heterocycles. The van der Waals surface area contributed by atoms with Gasteiger partial charge < -0.3 is 4.74 Å². The SMILES string of the molecule is COc1ccc(-c2ccc(C)nc2)cn1. The number of aromatic nitrogens is 2. The normalized spacial score (nSPS) is 10.0. The van der Waals surface area contributed by atoms with Gasteiger partial charge in [0.05, 0.1) is 7.11 Å². The van der Waals surface area contributed by atoms with Gasteiger partial charge in [-0.25, -0.2) is 4.98 Å². The third kappa shape index (κ3) is 2.13. The highest BCUT2D eigenvalue weighted by molar-refractivity contribution is 5.61. The monoisotopic (exact) mass is 200 g/mol. The lowest BCUT2D eigenvalue weighted by molar-refractivity contribution is 0.398. The molecule has 3 nitrogen and oxygen atoms in total. The van der Waals surface area contributed by atoms with Crippen molar-refractivity contribution in [1.82, 2.24) is 9.97 Å². The molecule has 0 fully saturated rings. The van der Waals surface area contributed by atoms with E-state index >= 15 is 0 Å². The van der Waals surface area contributed by atoms with Crippen LogP contribution in [0.25, 0.3) is 11.1 Å². The molecule has 0 aromatic carbocycles. The van der Waals surface area contributed by atoms with Crippen LogP contribution in [0.2, 0.25) is 0 Å². The summed E-state index contributed by atoms with van der Waals surface area (Å²) in [6, 6.07) is 7.83. The van der Waals surface area contributed by atoms with Gasteiger partial charge in [0.15, 0.2) is 0 Å². The van der Waals surface area contributed by atoms with Crippen molar-refractivity contribution in [2.24, 2.45) is 0 Å². The van der Waals surface area contributed by atoms with Crippen molar-refractivity contribution in [1.29, 1.82) is 0 Å². The van der Waals surface area contributed by atoms with Gasteiger partial charge in [0.25, 0.3) is 0 Å². The highest BCUT2D eigenvalue weighted by Gasteiger charge is 1.99. The van der Waals surface area contributed by atoms with E-state index in [4.69, 9.17) is 4.74 Å². The Morgan fingerprint density at radius 3 is 2.07 bits per heavy atom. The minimum absolute atomic E-state index is 0.624. The van der Waals surface area contributed by atoms with Gasteiger partial charge in [-0.15, -0.1) is 0 Å². The molecule has 0 atom stereocenters. The first kappa shape index (κ1) is 9.65. The van der Waals surface area contributed by atoms with Crippen LogP contribution >= 0.6 is 0 Å². The van der Waals surface area contributed by atoms with Crippen LogP contribution in [-0.4, -0.2) is 17.1 Å². The van der Waals surface area contributed by atoms with Crippen LogP contribution in [0.4, 0.5) is 0 Å². The fraction of sp³-hybridized carbons (Fsp3) is 0.167. The second-order valence-electron chi connectivity index (χ2n) is 3.28. The molecule has 2 aromatic heterocycles. The lowest BCUT2D eigenvalue weighted by Gasteiger charge is -2.02. The lowest BCUT2D eigenvalue weighted by atomic mass is 10.1. The van der Waals surface area contributed by atoms with Crippen LogP contribution in [-0.2, 0) is 0 Å². The molecule has 0 unspecified atom stereocenters. The molecule has 0 aliphatic carbocycles. The first-order valence-corrected chi connectivity index (χ1v) is 4.72. The van der Waals surface area contributed by atoms with Crippen LogP contribution < -0.4 is 4.74 Å². The van der Waals surface area contributed by atoms with Gasteiger partial charge in [0.2, 0.25) is 5.88 Å². The summed E-state index contributed by atoms with van der Waals surface area (Å²) in [5.41, 5.74) is 3.12. The van der Waals surface area contributed by atoms with Gasteiger partial charge in [-0.3, -0.25) is 4.98 Å². The van der Waals surface area contributed by atoms with E-state index in [2.05, 4.69) is 9.97 Å². The summed E-state index contributed by atoms with van der Waals surface area (Å²) in [6.07, 6.45) is 3.63. The van der Waals surface area contributed by atoms with Crippen LogP contribution in [0, 0.1) is 6.92 Å². The highest BCUT2D eigenvalue weighted by atomic mass is 16.5. The van der Waals surface area contributed by atoms with Gasteiger partial charge in [-0.2, -0.15) is 0 Å². The molecule has 3 heteroatoms. The Morgan fingerprint density at radius 1 is 0.933 bits per heavy atom. The van der Waals surface area contributed by atoms with Crippen molar-refractivity contribution in [3.8, 4) is 17.0 Å². The van der Waals surface area contributed by atoms with E-state index in [1.807, 2.05) is 37.4 Å². The van der Waals surface area contributed by atoms with Gasteiger partial charge in [0.1, 0.15) is 0 Å². The predicted molar refractivity (Wildman–Crippen MR) is 58.8 cm³/mol. The fourth-order valence-corrected chi connectivity index (χ4v) is 1.31. The van der Waals surface area contributed by atoms with E-state index in [-0.39, 0.29) is 0 Å². The smallest absolute Gasteiger partial charge is 0.212 e. The number of pyridine rings is 2. The summed E-state index contributed by atoms with van der Waals surface area (Å²) < 4.78 is 5.00. The third-order valence-corrected chi connectivity index (χ3v) is 2.19. The van der Waals surface area contributed by atoms with Crippen LogP contribution in [0.3, 0.4) is 0 Å². The van der Waals surface area contributed by atoms with Crippen molar-refractivity contribution in [2.75, 3.05) is 7.11 Å². The molecular formula is C12H12N2O. The zero-order chi connectivity index (χ0) is 10.7. The van der Waals surface area contributed by atoms with E-state index in [9.17, 15) is 0 Å². The van der Waals surface area contributed by atoms with Gasteiger partial charge in [-0.1, -0.05) is 6.07 Å². The van der Waals surface area contributed by atoms with Crippen molar-refractivity contribution < 1.29 is 4.74 Å². The van der Waals surface area contributed by atoms with E-state index in [0.717, 1.165) is 16.8 Å². The number of hydrogen-bond donors (Lipinski definition) is 0. The summed E-state index contributed by atoms with van der Waals surface area (Å²) in [5, 5.41) is 0. The molecule has 0 saturated heterocycles. The largest absolute Gasteiger partial charge is 0.481 e. The maximum atomic E-state index is 5.00. The maximum absolute atomic E-state index is 5.00. The van der Waals surface area contributed by atoms with Crippen LogP contribution in [0.1, 0.15) is 5.69 Å². The molecule has 2 aromatic rings. The molecule has 2 heterocycles. The predicted octanol–water partition coefficient (Wildman–Crippen LogP) is 2.46. The Morgan fingerprint density at radius 2 is 1.60 bits per heavy atom. The average molecular weight is 200 g/mol. The Balaban J connectivity index is 2.33. The van der Waals surface area contributed by atoms with Crippen LogP contribution in [0.15, 0.2) is 36.7 Å². The molecule has 15 heavy (non-hydrogen) atoms. The number of ether oxygens (including phenoxy) is 1. The summed E-state index contributed by atoms with van der Waals surface area (Å²) in [5.74, 6) is 0.624. The van der Waals surface area contributed by atoms with Crippen molar-refractivity contribution in [3.05, 3.63) is 42.4 Å². The molecule has 76 valence electrons. The summed E-state index contributed by atoms with van der Waals surface area (Å²) in [6.45, 7) is 1.97. The van der Waals surface area contributed by atoms with Crippen LogP contribution in [0.5, 0.6) is 5.88 Å². The number of hydrogen-bond acceptors (Lipinski definition) is 3. The van der Waals surface area contributed by atoms with E-state index in [1.54, 1.807) is 13.3 Å². The summed E-state index contributed by atoms with van der Waals surface area (Å²) in [7, 11) is 1.61. The third-order valence-electron chi connectivity index (χ3n) is 2.19. The fourth-order valence-electron chi connectivity index (χ4n) is 1.31. The Bertz CT molecular complexity index is 434. The summed E-state index contributed by atoms with van der Waals surface area (Å²) in [4.78, 5) is 8.39. The second-order valence-corrected chi connectivity index (χ2v) is 3.28. The molecule has 0 radical (unpaired) electrons. The zero-order valence-corrected chi connectivity index (χ0v) is 8.77. The molecule has 0 bridgehead atoms. The van der Waals surface area contributed by atoms with E-state index in [0.29, 0.717) is 5.88 Å². The van der Waals surface area contributed by atoms with Gasteiger partial charge in [-0.05, 0) is 19.1 Å². The Labute approximate surface area is 88.8 Å². The zero-order valence-electron chi connectivity index (χ0n) is 8.77. The van der Waals surface area contributed by atoms with Gasteiger partial charge >= 0.3 is 0 Å². The van der Waals surface area contributed by atoms with E-state index < -0.39 is 0 Å². The average Bonchev–Trinajstić information content (AvgIpc) is 2.30. The highest BCUT2D eigenvalue weighted by Crippen LogP contribution is 2.19. The molecular weight excluding hydrogens is 188 g/mol. The Hall–Kier alpha value is -1.90. The first-order chi connectivity index (χ1) is 7.29. The van der Waals surface area contributed by atoms with Crippen molar-refractivity contribution in [2.45, 2.75) is 6.92 Å². The molecule has 2 rings (SSSR count). The number of methoxy groups -OCH3 is 1. The van der Waals surface area contributed by atoms with Crippen molar-refractivity contribution in [3.63, 3.8) is 0 Å². The van der Waals surface area contributed by atoms with Crippen molar-refractivity contribution >= 4 is 0 Å². The standard InChI is InChI=1S/C12H12N2O/c1-9-3-4-10(7-13-9)11-5-6-12(15-2)14-8-11/h3-8H,1-2H3. The molecule has 0 spiro atoms. The second kappa shape index (κ2) is 4.09. The topological polar surface area (TPSA) is 35.0 Å². The molecule has 0 amide bonds. The number of aryl methyl sites for hydroxylation is 1. The lowest BCUT2D eigenvalue weighted by Crippen LogP contribution is -1.88. The summed E-state index contributed by atoms with van der Waals surface area (Å²) >= 11 is 0. The minimum atomic E-state index is 0.624. The quantitative estimate of drug-likeness (QED) is 0.747.